The lowest BCUT2D eigenvalue weighted by Gasteiger charge is -2.27. The van der Waals surface area contributed by atoms with E-state index in [9.17, 15) is 21.4 Å². The van der Waals surface area contributed by atoms with E-state index in [1.807, 2.05) is 74.5 Å². The van der Waals surface area contributed by atoms with E-state index in [2.05, 4.69) is 24.8 Å². The number of hydrogen-bond acceptors (Lipinski definition) is 5. The van der Waals surface area contributed by atoms with Gasteiger partial charge in [0.25, 0.3) is 20.2 Å². The third-order valence-corrected chi connectivity index (χ3v) is 9.06. The highest BCUT2D eigenvalue weighted by molar-refractivity contribution is 7.86. The van der Waals surface area contributed by atoms with Gasteiger partial charge in [0.15, 0.2) is 0 Å². The Hall–Kier alpha value is -2.72. The summed E-state index contributed by atoms with van der Waals surface area (Å²) in [5, 5.41) is 0. The van der Waals surface area contributed by atoms with Crippen LogP contribution in [0.5, 0.6) is 0 Å². The molecule has 0 fully saturated rings. The first kappa shape index (κ1) is 28.3. The number of unbranched alkanes of at least 4 members (excludes halogenated alkanes) is 1. The summed E-state index contributed by atoms with van der Waals surface area (Å²) in [5.41, 5.74) is 5.76. The van der Waals surface area contributed by atoms with Crippen LogP contribution in [0.4, 0.5) is 5.69 Å². The molecule has 1 aliphatic heterocycles. The predicted molar refractivity (Wildman–Crippen MR) is 152 cm³/mol. The number of allylic oxidation sites excluding steroid dienone is 5. The molecule has 2 aromatic carbocycles. The standard InChI is InChI=1S/C29H35NO6S2/c1-28(2)23-13-6-5-12-21(23)22(20-38(34,35)36)24(28)15-11-17-27-29(3,4)25-14-7-8-16-26(25)30(27)18-9-10-19-37(31,32)33/h5-8,11-17H,9-10,18-20H2,1-4H3,(H,31,32,33)(H,34,35,36)/b15-11+,27-17+. The summed E-state index contributed by atoms with van der Waals surface area (Å²) in [5.74, 6) is -0.730. The van der Waals surface area contributed by atoms with Gasteiger partial charge in [-0.1, -0.05) is 82.3 Å². The third kappa shape index (κ3) is 5.66. The van der Waals surface area contributed by atoms with Crippen LogP contribution in [0.1, 0.15) is 57.2 Å². The Bertz CT molecular complexity index is 1550. The van der Waals surface area contributed by atoms with Gasteiger partial charge < -0.3 is 4.90 Å². The van der Waals surface area contributed by atoms with E-state index >= 15 is 0 Å². The zero-order valence-electron chi connectivity index (χ0n) is 22.2. The number of hydrogen-bond donors (Lipinski definition) is 2. The highest BCUT2D eigenvalue weighted by Gasteiger charge is 2.40. The number of fused-ring (bicyclic) bond motifs is 2. The monoisotopic (exact) mass is 557 g/mol. The molecule has 0 saturated carbocycles. The molecular formula is C29H35NO6S2. The molecule has 1 aliphatic carbocycles. The average molecular weight is 558 g/mol. The molecule has 0 radical (unpaired) electrons. The molecule has 1 heterocycles. The molecule has 0 atom stereocenters. The Morgan fingerprint density at radius 3 is 2.11 bits per heavy atom. The first-order valence-electron chi connectivity index (χ1n) is 12.6. The van der Waals surface area contributed by atoms with Crippen molar-refractivity contribution in [2.24, 2.45) is 0 Å². The number of para-hydroxylation sites is 1. The second kappa shape index (κ2) is 10.1. The highest BCUT2D eigenvalue weighted by Crippen LogP contribution is 2.49. The van der Waals surface area contributed by atoms with Crippen molar-refractivity contribution in [1.29, 1.82) is 0 Å². The average Bonchev–Trinajstić information content (AvgIpc) is 3.15. The van der Waals surface area contributed by atoms with Crippen LogP contribution in [0.25, 0.3) is 5.57 Å². The van der Waals surface area contributed by atoms with E-state index in [4.69, 9.17) is 4.55 Å². The van der Waals surface area contributed by atoms with E-state index in [0.29, 0.717) is 25.0 Å². The molecule has 0 unspecified atom stereocenters. The second-order valence-electron chi connectivity index (χ2n) is 11.0. The summed E-state index contributed by atoms with van der Waals surface area (Å²) < 4.78 is 64.9. The van der Waals surface area contributed by atoms with E-state index in [0.717, 1.165) is 33.6 Å². The molecular weight excluding hydrogens is 522 g/mol. The predicted octanol–water partition coefficient (Wildman–Crippen LogP) is 5.53. The lowest BCUT2D eigenvalue weighted by atomic mass is 9.81. The molecule has 2 aromatic rings. The fraction of sp³-hybridized carbons (Fsp3) is 0.379. The van der Waals surface area contributed by atoms with Crippen LogP contribution in [0, 0.1) is 0 Å². The zero-order valence-corrected chi connectivity index (χ0v) is 23.8. The molecule has 0 saturated heterocycles. The van der Waals surface area contributed by atoms with E-state index in [-0.39, 0.29) is 11.2 Å². The molecule has 204 valence electrons. The van der Waals surface area contributed by atoms with Gasteiger partial charge in [-0.05, 0) is 52.8 Å². The van der Waals surface area contributed by atoms with Crippen molar-refractivity contribution in [3.05, 3.63) is 94.7 Å². The quantitative estimate of drug-likeness (QED) is 0.308. The van der Waals surface area contributed by atoms with E-state index < -0.39 is 31.4 Å². The number of anilines is 1. The zero-order chi connectivity index (χ0) is 27.9. The van der Waals surface area contributed by atoms with Crippen LogP contribution in [0.2, 0.25) is 0 Å². The normalized spacial score (nSPS) is 19.4. The molecule has 0 spiro atoms. The summed E-state index contributed by atoms with van der Waals surface area (Å²) in [6, 6.07) is 15.8. The van der Waals surface area contributed by atoms with Crippen LogP contribution in [0.3, 0.4) is 0 Å². The maximum absolute atomic E-state index is 11.9. The SMILES string of the molecule is CC1(C)C(/C=C/C=C2/N(CCCCS(=O)(=O)O)c3ccccc3C2(C)C)=C(CS(=O)(=O)O)c2ccccc21. The van der Waals surface area contributed by atoms with Gasteiger partial charge in [0, 0.05) is 28.8 Å². The maximum Gasteiger partial charge on any atom is 0.269 e. The van der Waals surface area contributed by atoms with Gasteiger partial charge in [0.05, 0.1) is 5.75 Å². The Balaban J connectivity index is 1.72. The third-order valence-electron chi connectivity index (χ3n) is 7.60. The minimum absolute atomic E-state index is 0.273. The number of nitrogens with zero attached hydrogens (tertiary/aromatic N) is 1. The molecule has 0 bridgehead atoms. The summed E-state index contributed by atoms with van der Waals surface area (Å²) in [6.07, 6.45) is 6.82. The van der Waals surface area contributed by atoms with Crippen molar-refractivity contribution in [1.82, 2.24) is 0 Å². The fourth-order valence-corrected chi connectivity index (χ4v) is 7.02. The van der Waals surface area contributed by atoms with Gasteiger partial charge in [-0.2, -0.15) is 16.8 Å². The molecule has 7 nitrogen and oxygen atoms in total. The van der Waals surface area contributed by atoms with Gasteiger partial charge >= 0.3 is 0 Å². The topological polar surface area (TPSA) is 112 Å². The van der Waals surface area contributed by atoms with E-state index in [1.54, 1.807) is 0 Å². The lowest BCUT2D eigenvalue weighted by Crippen LogP contribution is -2.27. The Kier molecular flexibility index (Phi) is 7.53. The lowest BCUT2D eigenvalue weighted by molar-refractivity contribution is 0.479. The molecule has 38 heavy (non-hydrogen) atoms. The molecule has 2 N–H and O–H groups in total. The van der Waals surface area contributed by atoms with E-state index in [1.165, 1.54) is 0 Å². The van der Waals surface area contributed by atoms with Crippen molar-refractivity contribution >= 4 is 31.5 Å². The number of rotatable bonds is 9. The summed E-state index contributed by atoms with van der Waals surface area (Å²) in [6.45, 7) is 8.96. The molecule has 9 heteroatoms. The fourth-order valence-electron chi connectivity index (χ4n) is 5.78. The minimum Gasteiger partial charge on any atom is -0.344 e. The summed E-state index contributed by atoms with van der Waals surface area (Å²) in [7, 11) is -8.24. The number of benzene rings is 2. The summed E-state index contributed by atoms with van der Waals surface area (Å²) >= 11 is 0. The molecule has 0 aromatic heterocycles. The Morgan fingerprint density at radius 1 is 0.816 bits per heavy atom. The Labute approximate surface area is 226 Å². The smallest absolute Gasteiger partial charge is 0.269 e. The van der Waals surface area contributed by atoms with Crippen molar-refractivity contribution in [3.8, 4) is 0 Å². The van der Waals surface area contributed by atoms with Gasteiger partial charge in [-0.25, -0.2) is 0 Å². The van der Waals surface area contributed by atoms with Crippen LogP contribution >= 0.6 is 0 Å². The highest BCUT2D eigenvalue weighted by atomic mass is 32.2. The van der Waals surface area contributed by atoms with Gasteiger partial charge in [-0.15, -0.1) is 0 Å². The molecule has 2 aliphatic rings. The van der Waals surface area contributed by atoms with Gasteiger partial charge in [-0.3, -0.25) is 9.11 Å². The minimum atomic E-state index is -4.24. The van der Waals surface area contributed by atoms with Crippen LogP contribution in [0.15, 0.2) is 78.0 Å². The van der Waals surface area contributed by atoms with Gasteiger partial charge in [0.1, 0.15) is 5.75 Å². The van der Waals surface area contributed by atoms with Crippen molar-refractivity contribution < 1.29 is 25.9 Å². The Morgan fingerprint density at radius 2 is 1.45 bits per heavy atom. The van der Waals surface area contributed by atoms with Crippen molar-refractivity contribution in [2.75, 3.05) is 23.0 Å². The van der Waals surface area contributed by atoms with Crippen molar-refractivity contribution in [2.45, 2.75) is 51.4 Å². The summed E-state index contributed by atoms with van der Waals surface area (Å²) in [4.78, 5) is 2.19. The largest absolute Gasteiger partial charge is 0.344 e. The first-order valence-corrected chi connectivity index (χ1v) is 15.8. The van der Waals surface area contributed by atoms with Crippen LogP contribution in [-0.4, -0.2) is 44.0 Å². The van der Waals surface area contributed by atoms with Crippen LogP contribution < -0.4 is 4.90 Å². The van der Waals surface area contributed by atoms with Crippen molar-refractivity contribution in [3.63, 3.8) is 0 Å². The maximum atomic E-state index is 11.9. The van der Waals surface area contributed by atoms with Gasteiger partial charge in [0.2, 0.25) is 0 Å². The van der Waals surface area contributed by atoms with Crippen LogP contribution in [-0.2, 0) is 31.1 Å². The molecule has 4 rings (SSSR count). The second-order valence-corrected chi connectivity index (χ2v) is 14.0. The molecule has 0 amide bonds. The first-order chi connectivity index (χ1) is 17.6.